The predicted octanol–water partition coefficient (Wildman–Crippen LogP) is 2.46. The van der Waals surface area contributed by atoms with Crippen molar-refractivity contribution < 1.29 is 0 Å². The molecular weight excluding hydrogens is 160 g/mol. The molecular formula is C11H18N2. The average Bonchev–Trinajstić information content (AvgIpc) is 1.78. The number of hydrogen-bond acceptors (Lipinski definition) is 2. The number of rotatable bonds is 0. The van der Waals surface area contributed by atoms with E-state index in [0.29, 0.717) is 0 Å². The Balaban J connectivity index is 3.38. The third-order valence-electron chi connectivity index (χ3n) is 2.09. The van der Waals surface area contributed by atoms with E-state index in [4.69, 9.17) is 11.5 Å². The lowest BCUT2D eigenvalue weighted by molar-refractivity contribution is 0.595. The lowest BCUT2D eigenvalue weighted by atomic mass is 9.84. The van der Waals surface area contributed by atoms with Gasteiger partial charge in [0.2, 0.25) is 0 Å². The third-order valence-corrected chi connectivity index (χ3v) is 2.09. The fraction of sp³-hybridized carbons (Fsp3) is 0.455. The molecule has 0 bridgehead atoms. The largest absolute Gasteiger partial charge is 0.398 e. The lowest BCUT2D eigenvalue weighted by Gasteiger charge is -2.23. The van der Waals surface area contributed by atoms with E-state index in [1.54, 1.807) is 0 Å². The van der Waals surface area contributed by atoms with Gasteiger partial charge in [-0.25, -0.2) is 0 Å². The van der Waals surface area contributed by atoms with Crippen LogP contribution in [0.1, 0.15) is 31.9 Å². The second-order valence-electron chi connectivity index (χ2n) is 4.57. The standard InChI is InChI=1S/C11H18N2/c1-7-5-8(12)10(9(13)6-7)11(2,3)4/h5-6H,12-13H2,1-4H3. The van der Waals surface area contributed by atoms with Gasteiger partial charge in [-0.15, -0.1) is 0 Å². The first-order valence-corrected chi connectivity index (χ1v) is 4.48. The molecule has 1 aromatic carbocycles. The molecule has 0 atom stereocenters. The predicted molar refractivity (Wildman–Crippen MR) is 58.7 cm³/mol. The molecule has 0 spiro atoms. The minimum atomic E-state index is 0.0157. The molecule has 0 aliphatic carbocycles. The minimum absolute atomic E-state index is 0.0157. The van der Waals surface area contributed by atoms with Crippen molar-refractivity contribution in [3.63, 3.8) is 0 Å². The Morgan fingerprint density at radius 1 is 1.00 bits per heavy atom. The number of hydrogen-bond donors (Lipinski definition) is 2. The van der Waals surface area contributed by atoms with Gasteiger partial charge < -0.3 is 11.5 Å². The van der Waals surface area contributed by atoms with Crippen molar-refractivity contribution in [2.45, 2.75) is 33.1 Å². The highest BCUT2D eigenvalue weighted by atomic mass is 14.6. The zero-order chi connectivity index (χ0) is 10.2. The maximum absolute atomic E-state index is 5.93. The van der Waals surface area contributed by atoms with E-state index in [-0.39, 0.29) is 5.41 Å². The van der Waals surface area contributed by atoms with Crippen LogP contribution in [-0.2, 0) is 5.41 Å². The van der Waals surface area contributed by atoms with Crippen molar-refractivity contribution in [1.29, 1.82) is 0 Å². The average molecular weight is 178 g/mol. The molecule has 1 aromatic rings. The summed E-state index contributed by atoms with van der Waals surface area (Å²) in [5, 5.41) is 0. The van der Waals surface area contributed by atoms with Gasteiger partial charge in [0.15, 0.2) is 0 Å². The first kappa shape index (κ1) is 9.90. The van der Waals surface area contributed by atoms with E-state index in [1.807, 2.05) is 19.1 Å². The zero-order valence-electron chi connectivity index (χ0n) is 8.81. The highest BCUT2D eigenvalue weighted by Crippen LogP contribution is 2.33. The van der Waals surface area contributed by atoms with Gasteiger partial charge in [0, 0.05) is 16.9 Å². The maximum atomic E-state index is 5.93. The molecule has 2 nitrogen and oxygen atoms in total. The molecule has 4 N–H and O–H groups in total. The number of nitrogen functional groups attached to an aromatic ring is 2. The molecule has 0 heterocycles. The van der Waals surface area contributed by atoms with Gasteiger partial charge in [0.25, 0.3) is 0 Å². The number of aryl methyl sites for hydroxylation is 1. The van der Waals surface area contributed by atoms with E-state index in [2.05, 4.69) is 20.8 Å². The van der Waals surface area contributed by atoms with Gasteiger partial charge in [0.05, 0.1) is 0 Å². The molecule has 1 rings (SSSR count). The Kier molecular flexibility index (Phi) is 2.24. The van der Waals surface area contributed by atoms with Crippen molar-refractivity contribution in [2.24, 2.45) is 0 Å². The van der Waals surface area contributed by atoms with E-state index in [9.17, 15) is 0 Å². The minimum Gasteiger partial charge on any atom is -0.398 e. The number of benzene rings is 1. The molecule has 0 saturated heterocycles. The summed E-state index contributed by atoms with van der Waals surface area (Å²) in [6.07, 6.45) is 0. The SMILES string of the molecule is Cc1cc(N)c(C(C)(C)C)c(N)c1. The van der Waals surface area contributed by atoms with Crippen LogP contribution in [0.25, 0.3) is 0 Å². The van der Waals surface area contributed by atoms with Crippen LogP contribution in [0.15, 0.2) is 12.1 Å². The van der Waals surface area contributed by atoms with Gasteiger partial charge in [-0.05, 0) is 30.0 Å². The quantitative estimate of drug-likeness (QED) is 0.599. The molecule has 0 amide bonds. The molecule has 0 saturated carbocycles. The smallest absolute Gasteiger partial charge is 0.0375 e. The van der Waals surface area contributed by atoms with E-state index >= 15 is 0 Å². The van der Waals surface area contributed by atoms with Crippen LogP contribution in [-0.4, -0.2) is 0 Å². The van der Waals surface area contributed by atoms with Crippen molar-refractivity contribution in [1.82, 2.24) is 0 Å². The van der Waals surface area contributed by atoms with E-state index in [1.165, 1.54) is 0 Å². The van der Waals surface area contributed by atoms with Gasteiger partial charge in [-0.2, -0.15) is 0 Å². The van der Waals surface area contributed by atoms with Gasteiger partial charge in [-0.3, -0.25) is 0 Å². The van der Waals surface area contributed by atoms with Crippen LogP contribution in [0.5, 0.6) is 0 Å². The first-order chi connectivity index (χ1) is 5.82. The Morgan fingerprint density at radius 3 is 1.69 bits per heavy atom. The third kappa shape index (κ3) is 1.94. The summed E-state index contributed by atoms with van der Waals surface area (Å²) >= 11 is 0. The number of anilines is 2. The summed E-state index contributed by atoms with van der Waals surface area (Å²) in [7, 11) is 0. The van der Waals surface area contributed by atoms with Crippen LogP contribution >= 0.6 is 0 Å². The normalized spacial score (nSPS) is 11.7. The van der Waals surface area contributed by atoms with Crippen molar-refractivity contribution in [3.8, 4) is 0 Å². The molecule has 0 aliphatic heterocycles. The zero-order valence-corrected chi connectivity index (χ0v) is 8.81. The second kappa shape index (κ2) is 2.95. The first-order valence-electron chi connectivity index (χ1n) is 4.48. The van der Waals surface area contributed by atoms with Crippen molar-refractivity contribution >= 4 is 11.4 Å². The van der Waals surface area contributed by atoms with Crippen molar-refractivity contribution in [2.75, 3.05) is 11.5 Å². The summed E-state index contributed by atoms with van der Waals surface area (Å²) in [6.45, 7) is 8.35. The summed E-state index contributed by atoms with van der Waals surface area (Å²) in [5.41, 5.74) is 15.6. The molecule has 13 heavy (non-hydrogen) atoms. The van der Waals surface area contributed by atoms with Crippen LogP contribution in [0.3, 0.4) is 0 Å². The molecule has 0 unspecified atom stereocenters. The number of nitrogens with two attached hydrogens (primary N) is 2. The highest BCUT2D eigenvalue weighted by Gasteiger charge is 2.19. The topological polar surface area (TPSA) is 52.0 Å². The Morgan fingerprint density at radius 2 is 1.38 bits per heavy atom. The summed E-state index contributed by atoms with van der Waals surface area (Å²) in [6, 6.07) is 3.94. The molecule has 0 radical (unpaired) electrons. The van der Waals surface area contributed by atoms with Crippen molar-refractivity contribution in [3.05, 3.63) is 23.3 Å². The second-order valence-corrected chi connectivity index (χ2v) is 4.57. The summed E-state index contributed by atoms with van der Waals surface area (Å²) in [4.78, 5) is 0. The Bertz CT molecular complexity index is 298. The van der Waals surface area contributed by atoms with Crippen LogP contribution in [0, 0.1) is 6.92 Å². The van der Waals surface area contributed by atoms with Crippen LogP contribution in [0.4, 0.5) is 11.4 Å². The molecule has 0 fully saturated rings. The monoisotopic (exact) mass is 178 g/mol. The highest BCUT2D eigenvalue weighted by molar-refractivity contribution is 5.65. The van der Waals surface area contributed by atoms with E-state index < -0.39 is 0 Å². The Labute approximate surface area is 79.9 Å². The summed E-state index contributed by atoms with van der Waals surface area (Å²) < 4.78 is 0. The molecule has 0 aromatic heterocycles. The van der Waals surface area contributed by atoms with Gasteiger partial charge in [-0.1, -0.05) is 20.8 Å². The van der Waals surface area contributed by atoms with Gasteiger partial charge in [0.1, 0.15) is 0 Å². The molecule has 2 heteroatoms. The fourth-order valence-corrected chi connectivity index (χ4v) is 1.71. The maximum Gasteiger partial charge on any atom is 0.0375 e. The van der Waals surface area contributed by atoms with Crippen LogP contribution < -0.4 is 11.5 Å². The summed E-state index contributed by atoms with van der Waals surface area (Å²) in [5.74, 6) is 0. The fourth-order valence-electron chi connectivity index (χ4n) is 1.71. The molecule has 0 aliphatic rings. The Hall–Kier alpha value is -1.18. The molecule has 72 valence electrons. The van der Waals surface area contributed by atoms with E-state index in [0.717, 1.165) is 22.5 Å². The van der Waals surface area contributed by atoms with Gasteiger partial charge >= 0.3 is 0 Å². The van der Waals surface area contributed by atoms with Crippen LogP contribution in [0.2, 0.25) is 0 Å². The lowest BCUT2D eigenvalue weighted by Crippen LogP contribution is -2.16.